The Bertz CT molecular complexity index is 1590. The summed E-state index contributed by atoms with van der Waals surface area (Å²) in [6, 6.07) is 0. The summed E-state index contributed by atoms with van der Waals surface area (Å²) in [5.41, 5.74) is 0. The molecule has 0 bridgehead atoms. The summed E-state index contributed by atoms with van der Waals surface area (Å²) in [7, 11) is -5.15. The summed E-state index contributed by atoms with van der Waals surface area (Å²) in [6.07, 6.45) is 42.5. The third-order valence-corrected chi connectivity index (χ3v) is 10.8. The van der Waals surface area contributed by atoms with Crippen LogP contribution in [0.5, 0.6) is 0 Å². The third-order valence-electron chi connectivity index (χ3n) is 9.80. The number of phosphoric acid groups is 1. The second kappa shape index (κ2) is 39.4. The molecule has 1 aliphatic rings. The average Bonchev–Trinajstić information content (AvgIpc) is 3.29. The SMILES string of the molecule is CC/C=C/C/C=C/C/C=C/C/C=C/C/C=C/CCCCCC(=O)OC[C@@H](COP(=O)(O)OC1C(O)C(O)C(O)[C@H](O)C1O)OC(=O)CCC/C=C/C/C=C/C/C=C/C/C=C/C/C=C/CC. The first-order chi connectivity index (χ1) is 31.4. The van der Waals surface area contributed by atoms with Crippen molar-refractivity contribution in [2.24, 2.45) is 0 Å². The van der Waals surface area contributed by atoms with Crippen molar-refractivity contribution in [2.75, 3.05) is 13.2 Å². The summed E-state index contributed by atoms with van der Waals surface area (Å²) < 4.78 is 33.4. The molecular formula is C51H79O13P. The number of rotatable bonds is 36. The van der Waals surface area contributed by atoms with Crippen LogP contribution >= 0.6 is 7.82 Å². The lowest BCUT2D eigenvalue weighted by Gasteiger charge is -2.41. The highest BCUT2D eigenvalue weighted by atomic mass is 31.2. The quantitative estimate of drug-likeness (QED) is 0.0150. The van der Waals surface area contributed by atoms with Gasteiger partial charge < -0.3 is 39.9 Å². The van der Waals surface area contributed by atoms with Gasteiger partial charge in [0.1, 0.15) is 43.2 Å². The van der Waals surface area contributed by atoms with Crippen molar-refractivity contribution in [3.8, 4) is 0 Å². The zero-order chi connectivity index (χ0) is 47.8. The van der Waals surface area contributed by atoms with E-state index >= 15 is 0 Å². The highest BCUT2D eigenvalue weighted by molar-refractivity contribution is 7.47. The molecule has 1 rings (SSSR count). The maximum Gasteiger partial charge on any atom is 0.472 e. The lowest BCUT2D eigenvalue weighted by atomic mass is 9.85. The van der Waals surface area contributed by atoms with Crippen molar-refractivity contribution in [3.63, 3.8) is 0 Å². The minimum Gasteiger partial charge on any atom is -0.462 e. The van der Waals surface area contributed by atoms with Crippen molar-refractivity contribution in [2.45, 2.75) is 172 Å². The fraction of sp³-hybridized carbons (Fsp3) is 0.569. The van der Waals surface area contributed by atoms with Crippen LogP contribution in [0.25, 0.3) is 0 Å². The Morgan fingerprint density at radius 1 is 0.477 bits per heavy atom. The summed E-state index contributed by atoms with van der Waals surface area (Å²) in [5.74, 6) is -1.22. The standard InChI is InChI=1S/C51H79O13P/c1-3-5-7-9-11-13-15-17-19-21-22-24-25-27-29-31-33-35-37-39-44(52)61-41-43(42-62-65(59,60)64-51-49(57)47(55)46(54)48(56)50(51)58)63-45(53)40-38-36-34-32-30-28-26-23-20-18-16-14-12-10-8-6-4-2/h5-8,11-14,17-20,22,24,26-29,32,34,43,46-51,54-58H,3-4,9-10,15-16,21,23,25,30-31,33,35-42H2,1-2H3,(H,59,60)/b7-5+,8-6+,13-11+,14-12+,19-17+,20-18+,24-22+,28-26+,29-27+,34-32+/t43-,46?,47-,48?,49?,50?,51?/m0/s1. The first-order valence-electron chi connectivity index (χ1n) is 23.3. The monoisotopic (exact) mass is 931 g/mol. The number of esters is 2. The van der Waals surface area contributed by atoms with E-state index in [-0.39, 0.29) is 12.8 Å². The van der Waals surface area contributed by atoms with E-state index in [1.807, 2.05) is 12.2 Å². The summed E-state index contributed by atoms with van der Waals surface area (Å²) in [4.78, 5) is 35.7. The molecule has 366 valence electrons. The summed E-state index contributed by atoms with van der Waals surface area (Å²) in [5, 5.41) is 50.2. The van der Waals surface area contributed by atoms with E-state index in [4.69, 9.17) is 18.5 Å². The topological polar surface area (TPSA) is 210 Å². The Morgan fingerprint density at radius 2 is 0.846 bits per heavy atom. The van der Waals surface area contributed by atoms with Crippen LogP contribution in [-0.2, 0) is 32.7 Å². The smallest absolute Gasteiger partial charge is 0.462 e. The van der Waals surface area contributed by atoms with Gasteiger partial charge in [-0.1, -0.05) is 142 Å². The molecule has 1 aliphatic carbocycles. The molecule has 65 heavy (non-hydrogen) atoms. The lowest BCUT2D eigenvalue weighted by molar-refractivity contribution is -0.220. The number of hydrogen-bond acceptors (Lipinski definition) is 12. The van der Waals surface area contributed by atoms with Crippen molar-refractivity contribution < 1.29 is 63.1 Å². The van der Waals surface area contributed by atoms with Gasteiger partial charge in [0, 0.05) is 12.8 Å². The molecule has 14 heteroatoms. The van der Waals surface area contributed by atoms with E-state index in [1.165, 1.54) is 0 Å². The van der Waals surface area contributed by atoms with Gasteiger partial charge in [0.05, 0.1) is 6.61 Å². The minimum absolute atomic E-state index is 0.00247. The zero-order valence-corrected chi connectivity index (χ0v) is 39.6. The number of carbonyl (C=O) groups is 2. The molecule has 0 radical (unpaired) electrons. The normalized spacial score (nSPS) is 22.5. The van der Waals surface area contributed by atoms with Gasteiger partial charge in [-0.25, -0.2) is 4.57 Å². The second-order valence-corrected chi connectivity index (χ2v) is 16.9. The van der Waals surface area contributed by atoms with Crippen LogP contribution in [0.3, 0.4) is 0 Å². The number of phosphoric ester groups is 1. The molecule has 0 spiro atoms. The maximum atomic E-state index is 12.8. The number of allylic oxidation sites excluding steroid dienone is 20. The van der Waals surface area contributed by atoms with Gasteiger partial charge in [-0.05, 0) is 96.3 Å². The Hall–Kier alpha value is -3.75. The molecular weight excluding hydrogens is 852 g/mol. The van der Waals surface area contributed by atoms with Gasteiger partial charge in [-0.15, -0.1) is 0 Å². The van der Waals surface area contributed by atoms with Crippen LogP contribution in [0.15, 0.2) is 122 Å². The fourth-order valence-corrected chi connectivity index (χ4v) is 7.08. The van der Waals surface area contributed by atoms with Crippen LogP contribution in [0.1, 0.15) is 129 Å². The number of aliphatic hydroxyl groups excluding tert-OH is 5. The van der Waals surface area contributed by atoms with Crippen molar-refractivity contribution >= 4 is 19.8 Å². The van der Waals surface area contributed by atoms with Crippen molar-refractivity contribution in [3.05, 3.63) is 122 Å². The van der Waals surface area contributed by atoms with E-state index in [2.05, 4.69) is 123 Å². The van der Waals surface area contributed by atoms with E-state index in [0.29, 0.717) is 19.3 Å². The number of hydrogen-bond donors (Lipinski definition) is 6. The number of unbranched alkanes of at least 4 members (excludes halogenated alkanes) is 4. The Labute approximate surface area is 388 Å². The predicted molar refractivity (Wildman–Crippen MR) is 257 cm³/mol. The molecule has 0 aromatic rings. The van der Waals surface area contributed by atoms with Crippen LogP contribution < -0.4 is 0 Å². The van der Waals surface area contributed by atoms with Crippen molar-refractivity contribution in [1.82, 2.24) is 0 Å². The molecule has 13 nitrogen and oxygen atoms in total. The van der Waals surface area contributed by atoms with E-state index in [9.17, 15) is 44.6 Å². The fourth-order valence-electron chi connectivity index (χ4n) is 6.11. The Kier molecular flexibility index (Phi) is 35.9. The third kappa shape index (κ3) is 31.7. The van der Waals surface area contributed by atoms with Gasteiger partial charge in [0.15, 0.2) is 6.10 Å². The largest absolute Gasteiger partial charge is 0.472 e. The van der Waals surface area contributed by atoms with Gasteiger partial charge in [0.25, 0.3) is 0 Å². The second-order valence-electron chi connectivity index (χ2n) is 15.5. The van der Waals surface area contributed by atoms with E-state index in [0.717, 1.165) is 83.5 Å². The van der Waals surface area contributed by atoms with Crippen LogP contribution in [-0.4, -0.2) is 98.3 Å². The summed E-state index contributed by atoms with van der Waals surface area (Å²) in [6.45, 7) is 2.98. The number of carbonyl (C=O) groups excluding carboxylic acids is 2. The van der Waals surface area contributed by atoms with Crippen LogP contribution in [0.4, 0.5) is 0 Å². The van der Waals surface area contributed by atoms with Gasteiger partial charge in [0.2, 0.25) is 0 Å². The highest BCUT2D eigenvalue weighted by Gasteiger charge is 2.51. The average molecular weight is 931 g/mol. The Morgan fingerprint density at radius 3 is 1.28 bits per heavy atom. The zero-order valence-electron chi connectivity index (χ0n) is 38.7. The number of ether oxygens (including phenoxy) is 2. The molecule has 0 amide bonds. The first kappa shape index (κ1) is 59.3. The molecule has 0 saturated heterocycles. The summed E-state index contributed by atoms with van der Waals surface area (Å²) >= 11 is 0. The maximum absolute atomic E-state index is 12.8. The molecule has 6 N–H and O–H groups in total. The first-order valence-corrected chi connectivity index (χ1v) is 24.8. The molecule has 1 saturated carbocycles. The van der Waals surface area contributed by atoms with Crippen molar-refractivity contribution in [1.29, 1.82) is 0 Å². The van der Waals surface area contributed by atoms with E-state index in [1.54, 1.807) is 0 Å². The van der Waals surface area contributed by atoms with Gasteiger partial charge in [-0.2, -0.15) is 0 Å². The molecule has 0 aliphatic heterocycles. The molecule has 0 heterocycles. The van der Waals surface area contributed by atoms with Gasteiger partial charge >= 0.3 is 19.8 Å². The molecule has 0 aromatic heterocycles. The highest BCUT2D eigenvalue weighted by Crippen LogP contribution is 2.47. The van der Waals surface area contributed by atoms with E-state index < -0.39 is 75.7 Å². The molecule has 0 aromatic carbocycles. The molecule has 8 atom stereocenters. The Balaban J connectivity index is 2.53. The molecule has 6 unspecified atom stereocenters. The van der Waals surface area contributed by atoms with Gasteiger partial charge in [-0.3, -0.25) is 18.6 Å². The lowest BCUT2D eigenvalue weighted by Crippen LogP contribution is -2.64. The number of aliphatic hydroxyl groups is 5. The molecule has 1 fully saturated rings. The minimum atomic E-state index is -5.15. The van der Waals surface area contributed by atoms with Crippen LogP contribution in [0.2, 0.25) is 0 Å². The van der Waals surface area contributed by atoms with Crippen LogP contribution in [0, 0.1) is 0 Å². The predicted octanol–water partition coefficient (Wildman–Crippen LogP) is 9.39.